The van der Waals surface area contributed by atoms with Crippen molar-refractivity contribution in [2.45, 2.75) is 6.92 Å². The van der Waals surface area contributed by atoms with Crippen molar-refractivity contribution in [3.05, 3.63) is 58.4 Å². The molecule has 0 spiro atoms. The first kappa shape index (κ1) is 16.4. The number of esters is 1. The van der Waals surface area contributed by atoms with Gasteiger partial charge in [0.25, 0.3) is 0 Å². The SMILES string of the molecule is CCOC(=O)c1[nH]c2[nH]c3cc4c(cc3c(=O)c2c1-c1ccccc1)OCO4. The minimum Gasteiger partial charge on any atom is -0.461 e. The van der Waals surface area contributed by atoms with Crippen LogP contribution in [-0.4, -0.2) is 29.3 Å². The Balaban J connectivity index is 1.88. The number of carbonyl (C=O) groups is 1. The van der Waals surface area contributed by atoms with Crippen LogP contribution in [0.2, 0.25) is 0 Å². The summed E-state index contributed by atoms with van der Waals surface area (Å²) in [5.74, 6) is 0.589. The van der Waals surface area contributed by atoms with E-state index in [-0.39, 0.29) is 24.5 Å². The molecule has 28 heavy (non-hydrogen) atoms. The van der Waals surface area contributed by atoms with Crippen molar-refractivity contribution in [1.82, 2.24) is 9.97 Å². The number of hydrogen-bond acceptors (Lipinski definition) is 5. The summed E-state index contributed by atoms with van der Waals surface area (Å²) in [5.41, 5.74) is 2.37. The number of aromatic amines is 2. The molecule has 7 nitrogen and oxygen atoms in total. The Morgan fingerprint density at radius 3 is 2.61 bits per heavy atom. The van der Waals surface area contributed by atoms with Crippen LogP contribution < -0.4 is 14.9 Å². The Morgan fingerprint density at radius 2 is 1.86 bits per heavy atom. The third-order valence-electron chi connectivity index (χ3n) is 4.79. The number of hydrogen-bond donors (Lipinski definition) is 2. The molecule has 0 saturated heterocycles. The lowest BCUT2D eigenvalue weighted by molar-refractivity contribution is 0.0521. The molecule has 2 aromatic heterocycles. The Bertz CT molecular complexity index is 1290. The number of pyridine rings is 1. The van der Waals surface area contributed by atoms with Crippen molar-refractivity contribution >= 4 is 27.9 Å². The molecule has 0 unspecified atom stereocenters. The second-order valence-electron chi connectivity index (χ2n) is 6.42. The molecule has 1 aliphatic rings. The van der Waals surface area contributed by atoms with Crippen LogP contribution in [0.4, 0.5) is 0 Å². The molecule has 0 amide bonds. The fraction of sp³-hybridized carbons (Fsp3) is 0.143. The van der Waals surface area contributed by atoms with Crippen molar-refractivity contribution < 1.29 is 19.0 Å². The number of rotatable bonds is 3. The van der Waals surface area contributed by atoms with Crippen LogP contribution in [0, 0.1) is 0 Å². The van der Waals surface area contributed by atoms with Gasteiger partial charge in [-0.05, 0) is 18.6 Å². The van der Waals surface area contributed by atoms with E-state index in [9.17, 15) is 9.59 Å². The van der Waals surface area contributed by atoms with Gasteiger partial charge in [-0.3, -0.25) is 4.79 Å². The maximum absolute atomic E-state index is 13.4. The lowest BCUT2D eigenvalue weighted by atomic mass is 10.0. The molecule has 4 aromatic rings. The van der Waals surface area contributed by atoms with Crippen LogP contribution in [0.15, 0.2) is 47.3 Å². The average molecular weight is 376 g/mol. The summed E-state index contributed by atoms with van der Waals surface area (Å²) in [6, 6.07) is 12.7. The Kier molecular flexibility index (Phi) is 3.61. The van der Waals surface area contributed by atoms with Crippen molar-refractivity contribution in [2.24, 2.45) is 0 Å². The van der Waals surface area contributed by atoms with Crippen LogP contribution in [-0.2, 0) is 4.74 Å². The first-order valence-corrected chi connectivity index (χ1v) is 8.91. The van der Waals surface area contributed by atoms with Gasteiger partial charge in [-0.25, -0.2) is 4.79 Å². The molecule has 1 aliphatic heterocycles. The van der Waals surface area contributed by atoms with Gasteiger partial charge in [-0.2, -0.15) is 0 Å². The van der Waals surface area contributed by atoms with Crippen LogP contribution in [0.5, 0.6) is 11.5 Å². The van der Waals surface area contributed by atoms with Crippen molar-refractivity contribution in [1.29, 1.82) is 0 Å². The quantitative estimate of drug-likeness (QED) is 0.533. The molecule has 0 radical (unpaired) electrons. The number of benzene rings is 2. The van der Waals surface area contributed by atoms with Gasteiger partial charge in [0.1, 0.15) is 11.3 Å². The first-order valence-electron chi connectivity index (χ1n) is 8.91. The van der Waals surface area contributed by atoms with Gasteiger partial charge in [-0.15, -0.1) is 0 Å². The number of H-pyrrole nitrogens is 2. The van der Waals surface area contributed by atoms with Gasteiger partial charge in [-0.1, -0.05) is 30.3 Å². The predicted molar refractivity (Wildman–Crippen MR) is 104 cm³/mol. The summed E-state index contributed by atoms with van der Waals surface area (Å²) >= 11 is 0. The minimum absolute atomic E-state index is 0.125. The highest BCUT2D eigenvalue weighted by Crippen LogP contribution is 2.37. The highest BCUT2D eigenvalue weighted by atomic mass is 16.7. The zero-order valence-electron chi connectivity index (χ0n) is 15.0. The van der Waals surface area contributed by atoms with Gasteiger partial charge in [0, 0.05) is 11.6 Å². The molecule has 0 bridgehead atoms. The molecule has 0 saturated carbocycles. The topological polar surface area (TPSA) is 93.4 Å². The van der Waals surface area contributed by atoms with E-state index >= 15 is 0 Å². The van der Waals surface area contributed by atoms with Crippen LogP contribution in [0.1, 0.15) is 17.4 Å². The second-order valence-corrected chi connectivity index (χ2v) is 6.42. The summed E-state index contributed by atoms with van der Waals surface area (Å²) in [6.07, 6.45) is 0. The van der Waals surface area contributed by atoms with Crippen molar-refractivity contribution in [3.63, 3.8) is 0 Å². The lowest BCUT2D eigenvalue weighted by Gasteiger charge is -2.05. The van der Waals surface area contributed by atoms with Gasteiger partial charge < -0.3 is 24.2 Å². The Morgan fingerprint density at radius 1 is 1.11 bits per heavy atom. The van der Waals surface area contributed by atoms with E-state index in [2.05, 4.69) is 9.97 Å². The van der Waals surface area contributed by atoms with E-state index in [1.807, 2.05) is 30.3 Å². The molecule has 140 valence electrons. The van der Waals surface area contributed by atoms with E-state index in [4.69, 9.17) is 14.2 Å². The predicted octanol–water partition coefficient (Wildman–Crippen LogP) is 3.58. The summed E-state index contributed by atoms with van der Waals surface area (Å²) in [4.78, 5) is 32.2. The van der Waals surface area contributed by atoms with Crippen molar-refractivity contribution in [2.75, 3.05) is 13.4 Å². The zero-order valence-corrected chi connectivity index (χ0v) is 15.0. The fourth-order valence-electron chi connectivity index (χ4n) is 3.57. The molecule has 3 heterocycles. The Hall–Kier alpha value is -3.74. The maximum atomic E-state index is 13.4. The smallest absolute Gasteiger partial charge is 0.355 e. The first-order chi connectivity index (χ1) is 13.7. The maximum Gasteiger partial charge on any atom is 0.355 e. The third kappa shape index (κ3) is 2.36. The monoisotopic (exact) mass is 376 g/mol. The van der Waals surface area contributed by atoms with Crippen molar-refractivity contribution in [3.8, 4) is 22.6 Å². The summed E-state index contributed by atoms with van der Waals surface area (Å²) in [6.45, 7) is 2.10. The van der Waals surface area contributed by atoms with Crippen LogP contribution in [0.25, 0.3) is 33.1 Å². The number of carbonyl (C=O) groups excluding carboxylic acids is 1. The molecule has 0 fully saturated rings. The van der Waals surface area contributed by atoms with E-state index in [1.54, 1.807) is 19.1 Å². The van der Waals surface area contributed by atoms with E-state index < -0.39 is 5.97 Å². The number of ether oxygens (including phenoxy) is 3. The summed E-state index contributed by atoms with van der Waals surface area (Å²) < 4.78 is 16.0. The van der Waals surface area contributed by atoms with E-state index in [0.717, 1.165) is 5.56 Å². The molecular formula is C21H16N2O5. The van der Waals surface area contributed by atoms with Gasteiger partial charge in [0.05, 0.1) is 22.9 Å². The number of fused-ring (bicyclic) bond motifs is 3. The van der Waals surface area contributed by atoms with Gasteiger partial charge >= 0.3 is 5.97 Å². The number of nitrogens with one attached hydrogen (secondary N) is 2. The molecule has 7 heteroatoms. The minimum atomic E-state index is -0.511. The zero-order chi connectivity index (χ0) is 19.3. The van der Waals surface area contributed by atoms with E-state index in [1.165, 1.54) is 0 Å². The van der Waals surface area contributed by atoms with Crippen LogP contribution in [0.3, 0.4) is 0 Å². The average Bonchev–Trinajstić information content (AvgIpc) is 3.32. The fourth-order valence-corrected chi connectivity index (χ4v) is 3.57. The molecule has 2 aromatic carbocycles. The third-order valence-corrected chi connectivity index (χ3v) is 4.79. The second kappa shape index (κ2) is 6.16. The van der Waals surface area contributed by atoms with Crippen LogP contribution >= 0.6 is 0 Å². The lowest BCUT2D eigenvalue weighted by Crippen LogP contribution is -2.07. The highest BCUT2D eigenvalue weighted by molar-refractivity contribution is 6.09. The number of aromatic nitrogens is 2. The van der Waals surface area contributed by atoms with Gasteiger partial charge in [0.15, 0.2) is 16.9 Å². The Labute approximate surface area is 158 Å². The molecule has 5 rings (SSSR count). The van der Waals surface area contributed by atoms with E-state index in [0.29, 0.717) is 39.0 Å². The molecule has 0 atom stereocenters. The largest absolute Gasteiger partial charge is 0.461 e. The summed E-state index contributed by atoms with van der Waals surface area (Å²) in [7, 11) is 0. The normalized spacial score (nSPS) is 12.6. The highest BCUT2D eigenvalue weighted by Gasteiger charge is 2.24. The van der Waals surface area contributed by atoms with Gasteiger partial charge in [0.2, 0.25) is 6.79 Å². The molecule has 2 N–H and O–H groups in total. The molecule has 0 aliphatic carbocycles. The summed E-state index contributed by atoms with van der Waals surface area (Å²) in [5, 5.41) is 0.865. The molecular weight excluding hydrogens is 360 g/mol. The standard InChI is InChI=1S/C21H16N2O5/c1-2-26-21(25)18-16(11-6-4-3-5-7-11)17-19(24)12-8-14-15(28-10-27-14)9-13(12)22-20(17)23-18/h3-9H,2,10H2,1H3,(H2,22,23,24).